The molecule has 2 heterocycles. The van der Waals surface area contributed by atoms with Gasteiger partial charge in [0.05, 0.1) is 18.3 Å². The highest BCUT2D eigenvalue weighted by Gasteiger charge is 2.21. The Hall–Kier alpha value is -1.79. The normalized spacial score (nSPS) is 21.3. The number of benzene rings is 1. The molecule has 1 amide bonds. The van der Waals surface area contributed by atoms with E-state index in [1.165, 1.54) is 0 Å². The molecule has 0 bridgehead atoms. The Morgan fingerprint density at radius 1 is 1.30 bits per heavy atom. The van der Waals surface area contributed by atoms with Gasteiger partial charge in [-0.2, -0.15) is 0 Å². The van der Waals surface area contributed by atoms with E-state index in [-0.39, 0.29) is 12.0 Å². The van der Waals surface area contributed by atoms with Crippen LogP contribution in [0, 0.1) is 0 Å². The fourth-order valence-electron chi connectivity index (χ4n) is 2.31. The minimum absolute atomic E-state index is 0.0180. The quantitative estimate of drug-likeness (QED) is 0.825. The molecule has 0 aliphatic carbocycles. The lowest BCUT2D eigenvalue weighted by Gasteiger charge is -2.24. The van der Waals surface area contributed by atoms with Crippen LogP contribution in [0.3, 0.4) is 0 Å². The van der Waals surface area contributed by atoms with E-state index in [0.29, 0.717) is 43.4 Å². The predicted octanol–water partition coefficient (Wildman–Crippen LogP) is 0.176. The van der Waals surface area contributed by atoms with Crippen LogP contribution in [0.15, 0.2) is 18.2 Å². The molecule has 1 unspecified atom stereocenters. The monoisotopic (exact) mass is 278 g/mol. The lowest BCUT2D eigenvalue weighted by molar-refractivity contribution is 0.0286. The molecule has 1 saturated heterocycles. The predicted molar refractivity (Wildman–Crippen MR) is 72.4 cm³/mol. The van der Waals surface area contributed by atoms with Crippen molar-refractivity contribution in [2.75, 3.05) is 39.5 Å². The number of amides is 1. The highest BCUT2D eigenvalue weighted by molar-refractivity contribution is 5.97. The Kier molecular flexibility index (Phi) is 4.03. The number of fused-ring (bicyclic) bond motifs is 1. The molecule has 2 N–H and O–H groups in total. The van der Waals surface area contributed by atoms with Gasteiger partial charge < -0.3 is 24.8 Å². The molecule has 3 rings (SSSR count). The van der Waals surface area contributed by atoms with Crippen LogP contribution in [0.1, 0.15) is 10.4 Å². The Morgan fingerprint density at radius 3 is 3.05 bits per heavy atom. The van der Waals surface area contributed by atoms with Crippen molar-refractivity contribution >= 4 is 5.91 Å². The van der Waals surface area contributed by atoms with Crippen LogP contribution >= 0.6 is 0 Å². The lowest BCUT2D eigenvalue weighted by atomic mass is 10.1. The summed E-state index contributed by atoms with van der Waals surface area (Å²) in [7, 11) is 0. The van der Waals surface area contributed by atoms with E-state index in [9.17, 15) is 4.79 Å². The van der Waals surface area contributed by atoms with E-state index in [4.69, 9.17) is 14.2 Å². The minimum atomic E-state index is -0.165. The summed E-state index contributed by atoms with van der Waals surface area (Å²) < 4.78 is 16.6. The van der Waals surface area contributed by atoms with Crippen molar-refractivity contribution in [2.24, 2.45) is 0 Å². The van der Waals surface area contributed by atoms with Crippen molar-refractivity contribution in [2.45, 2.75) is 6.10 Å². The molecule has 20 heavy (non-hydrogen) atoms. The molecule has 2 aliphatic rings. The summed E-state index contributed by atoms with van der Waals surface area (Å²) in [6, 6.07) is 5.34. The second-order valence-corrected chi connectivity index (χ2v) is 4.74. The third kappa shape index (κ3) is 2.86. The molecule has 0 radical (unpaired) electrons. The van der Waals surface area contributed by atoms with Gasteiger partial charge in [0.1, 0.15) is 13.2 Å². The number of morpholine rings is 1. The number of hydrogen-bond acceptors (Lipinski definition) is 5. The Bertz CT molecular complexity index is 486. The molecule has 6 heteroatoms. The zero-order valence-corrected chi connectivity index (χ0v) is 11.2. The van der Waals surface area contributed by atoms with Crippen LogP contribution in [0.25, 0.3) is 0 Å². The van der Waals surface area contributed by atoms with Gasteiger partial charge in [-0.1, -0.05) is 6.07 Å². The second-order valence-electron chi connectivity index (χ2n) is 4.74. The number of para-hydroxylation sites is 1. The van der Waals surface area contributed by atoms with Crippen LogP contribution < -0.4 is 20.1 Å². The van der Waals surface area contributed by atoms with Crippen LogP contribution in [-0.4, -0.2) is 51.5 Å². The van der Waals surface area contributed by atoms with Crippen LogP contribution in [-0.2, 0) is 4.74 Å². The summed E-state index contributed by atoms with van der Waals surface area (Å²) in [5.41, 5.74) is 0.506. The molecule has 1 fully saturated rings. The van der Waals surface area contributed by atoms with Gasteiger partial charge in [-0.05, 0) is 12.1 Å². The van der Waals surface area contributed by atoms with Crippen molar-refractivity contribution in [1.29, 1.82) is 0 Å². The average Bonchev–Trinajstić information content (AvgIpc) is 2.53. The topological polar surface area (TPSA) is 68.8 Å². The Morgan fingerprint density at radius 2 is 2.20 bits per heavy atom. The second kappa shape index (κ2) is 6.11. The number of hydrogen-bond donors (Lipinski definition) is 2. The Balaban J connectivity index is 1.64. The number of carbonyl (C=O) groups excluding carboxylic acids is 1. The van der Waals surface area contributed by atoms with Crippen molar-refractivity contribution < 1.29 is 19.0 Å². The molecule has 0 saturated carbocycles. The molecule has 1 aromatic rings. The van der Waals surface area contributed by atoms with Gasteiger partial charge in [-0.3, -0.25) is 4.79 Å². The first kappa shape index (κ1) is 13.2. The van der Waals surface area contributed by atoms with E-state index >= 15 is 0 Å². The summed E-state index contributed by atoms with van der Waals surface area (Å²) in [5.74, 6) is 0.986. The lowest BCUT2D eigenvalue weighted by Crippen LogP contribution is -2.45. The molecule has 1 aromatic carbocycles. The van der Waals surface area contributed by atoms with E-state index in [2.05, 4.69) is 10.6 Å². The smallest absolute Gasteiger partial charge is 0.255 e. The Labute approximate surface area is 117 Å². The first-order valence-electron chi connectivity index (χ1n) is 6.84. The van der Waals surface area contributed by atoms with Gasteiger partial charge >= 0.3 is 0 Å². The van der Waals surface area contributed by atoms with E-state index in [1.807, 2.05) is 0 Å². The molecule has 6 nitrogen and oxygen atoms in total. The molecule has 1 atom stereocenters. The van der Waals surface area contributed by atoms with E-state index < -0.39 is 0 Å². The molecular weight excluding hydrogens is 260 g/mol. The number of ether oxygens (including phenoxy) is 3. The van der Waals surface area contributed by atoms with Crippen molar-refractivity contribution in [3.05, 3.63) is 23.8 Å². The maximum atomic E-state index is 12.2. The molecular formula is C14H18N2O4. The zero-order valence-electron chi connectivity index (χ0n) is 11.2. The molecule has 0 spiro atoms. The molecule has 108 valence electrons. The summed E-state index contributed by atoms with van der Waals surface area (Å²) in [6.07, 6.45) is 0.0180. The summed E-state index contributed by atoms with van der Waals surface area (Å²) in [4.78, 5) is 12.2. The summed E-state index contributed by atoms with van der Waals surface area (Å²) in [5, 5.41) is 6.11. The number of carbonyl (C=O) groups is 1. The highest BCUT2D eigenvalue weighted by Crippen LogP contribution is 2.33. The molecule has 0 aromatic heterocycles. The summed E-state index contributed by atoms with van der Waals surface area (Å²) >= 11 is 0. The van der Waals surface area contributed by atoms with E-state index in [1.54, 1.807) is 18.2 Å². The average molecular weight is 278 g/mol. The van der Waals surface area contributed by atoms with Crippen LogP contribution in [0.2, 0.25) is 0 Å². The summed E-state index contributed by atoms with van der Waals surface area (Å²) in [6.45, 7) is 3.76. The fourth-order valence-corrected chi connectivity index (χ4v) is 2.31. The zero-order chi connectivity index (χ0) is 13.8. The number of nitrogens with one attached hydrogen (secondary N) is 2. The van der Waals surface area contributed by atoms with Crippen molar-refractivity contribution in [3.63, 3.8) is 0 Å². The van der Waals surface area contributed by atoms with Gasteiger partial charge in [-0.25, -0.2) is 0 Å². The van der Waals surface area contributed by atoms with Gasteiger partial charge in [0.25, 0.3) is 5.91 Å². The first-order chi connectivity index (χ1) is 9.84. The maximum absolute atomic E-state index is 12.2. The van der Waals surface area contributed by atoms with E-state index in [0.717, 1.165) is 13.1 Å². The van der Waals surface area contributed by atoms with Gasteiger partial charge in [0.15, 0.2) is 11.5 Å². The number of rotatable bonds is 3. The molecule has 2 aliphatic heterocycles. The van der Waals surface area contributed by atoms with Crippen molar-refractivity contribution in [3.8, 4) is 11.5 Å². The maximum Gasteiger partial charge on any atom is 0.255 e. The third-order valence-electron chi connectivity index (χ3n) is 3.31. The van der Waals surface area contributed by atoms with Crippen LogP contribution in [0.4, 0.5) is 0 Å². The standard InChI is InChI=1S/C14H18N2O4/c17-14(16-9-10-8-15-4-5-18-10)11-2-1-3-12-13(11)20-7-6-19-12/h1-3,10,15H,4-9H2,(H,16,17). The van der Waals surface area contributed by atoms with Gasteiger partial charge in [-0.15, -0.1) is 0 Å². The minimum Gasteiger partial charge on any atom is -0.486 e. The van der Waals surface area contributed by atoms with Gasteiger partial charge in [0, 0.05) is 19.6 Å². The first-order valence-corrected chi connectivity index (χ1v) is 6.84. The SMILES string of the molecule is O=C(NCC1CNCCO1)c1cccc2c1OCCO2. The fraction of sp³-hybridized carbons (Fsp3) is 0.500. The highest BCUT2D eigenvalue weighted by atomic mass is 16.6. The van der Waals surface area contributed by atoms with Crippen LogP contribution in [0.5, 0.6) is 11.5 Å². The third-order valence-corrected chi connectivity index (χ3v) is 3.31. The van der Waals surface area contributed by atoms with Gasteiger partial charge in [0.2, 0.25) is 0 Å². The largest absolute Gasteiger partial charge is 0.486 e. The van der Waals surface area contributed by atoms with Crippen molar-refractivity contribution in [1.82, 2.24) is 10.6 Å².